The first-order chi connectivity index (χ1) is 7.58. The number of anilines is 1. The average molecular weight is 333 g/mol. The summed E-state index contributed by atoms with van der Waals surface area (Å²) in [6.07, 6.45) is 5.38. The lowest BCUT2D eigenvalue weighted by Gasteiger charge is -2.26. The third-order valence-electron chi connectivity index (χ3n) is 3.66. The van der Waals surface area contributed by atoms with E-state index in [9.17, 15) is 0 Å². The van der Waals surface area contributed by atoms with Crippen molar-refractivity contribution in [2.45, 2.75) is 46.1 Å². The van der Waals surface area contributed by atoms with E-state index in [1.165, 1.54) is 25.7 Å². The van der Waals surface area contributed by atoms with E-state index in [2.05, 4.69) is 34.6 Å². The monoisotopic (exact) mass is 333 g/mol. The van der Waals surface area contributed by atoms with E-state index < -0.39 is 0 Å². The number of nitrogens with two attached hydrogens (primary N) is 1. The second-order valence-corrected chi connectivity index (χ2v) is 6.17. The highest BCUT2D eigenvalue weighted by molar-refractivity contribution is 14.1. The number of hydrogen-bond donors (Lipinski definition) is 1. The summed E-state index contributed by atoms with van der Waals surface area (Å²) in [6, 6.07) is 0. The summed E-state index contributed by atoms with van der Waals surface area (Å²) in [7, 11) is 0. The lowest BCUT2D eigenvalue weighted by atomic mass is 9.83. The summed E-state index contributed by atoms with van der Waals surface area (Å²) >= 11 is 2.28. The molecule has 3 nitrogen and oxygen atoms in total. The Morgan fingerprint density at radius 1 is 1.38 bits per heavy atom. The van der Waals surface area contributed by atoms with Gasteiger partial charge in [-0.15, -0.1) is 0 Å². The van der Waals surface area contributed by atoms with E-state index in [-0.39, 0.29) is 0 Å². The van der Waals surface area contributed by atoms with Crippen LogP contribution >= 0.6 is 22.6 Å². The lowest BCUT2D eigenvalue weighted by Crippen LogP contribution is -2.19. The molecule has 0 aromatic carbocycles. The van der Waals surface area contributed by atoms with Crippen LogP contribution in [0.25, 0.3) is 0 Å². The average Bonchev–Trinajstić information content (AvgIpc) is 2.50. The minimum absolute atomic E-state index is 0.772. The van der Waals surface area contributed by atoms with Crippen molar-refractivity contribution < 1.29 is 0 Å². The topological polar surface area (TPSA) is 43.8 Å². The zero-order chi connectivity index (χ0) is 11.7. The van der Waals surface area contributed by atoms with Gasteiger partial charge in [0, 0.05) is 6.54 Å². The summed E-state index contributed by atoms with van der Waals surface area (Å²) in [4.78, 5) is 0. The molecule has 90 valence electrons. The normalized spacial score (nSPS) is 25.9. The van der Waals surface area contributed by atoms with Crippen LogP contribution in [0, 0.1) is 22.3 Å². The zero-order valence-corrected chi connectivity index (χ0v) is 12.2. The molecular formula is C12H20IN3. The van der Waals surface area contributed by atoms with E-state index in [0.29, 0.717) is 0 Å². The van der Waals surface area contributed by atoms with Gasteiger partial charge >= 0.3 is 0 Å². The highest BCUT2D eigenvalue weighted by atomic mass is 127. The maximum Gasteiger partial charge on any atom is 0.135 e. The Kier molecular flexibility index (Phi) is 3.77. The van der Waals surface area contributed by atoms with Gasteiger partial charge in [0.2, 0.25) is 0 Å². The molecule has 1 heterocycles. The quantitative estimate of drug-likeness (QED) is 0.845. The van der Waals surface area contributed by atoms with E-state index >= 15 is 0 Å². The van der Waals surface area contributed by atoms with Crippen molar-refractivity contribution in [3.63, 3.8) is 0 Å². The maximum atomic E-state index is 6.04. The van der Waals surface area contributed by atoms with E-state index in [1.807, 2.05) is 11.6 Å². The van der Waals surface area contributed by atoms with Crippen LogP contribution < -0.4 is 5.73 Å². The second kappa shape index (κ2) is 4.94. The van der Waals surface area contributed by atoms with Gasteiger partial charge < -0.3 is 5.73 Å². The fraction of sp³-hybridized carbons (Fsp3) is 0.750. The number of aromatic nitrogens is 2. The molecule has 0 saturated heterocycles. The first-order valence-corrected chi connectivity index (χ1v) is 7.14. The van der Waals surface area contributed by atoms with Crippen molar-refractivity contribution in [3.8, 4) is 0 Å². The second-order valence-electron chi connectivity index (χ2n) is 5.09. The predicted molar refractivity (Wildman–Crippen MR) is 75.2 cm³/mol. The summed E-state index contributed by atoms with van der Waals surface area (Å²) < 4.78 is 3.11. The Balaban J connectivity index is 2.01. The van der Waals surface area contributed by atoms with E-state index in [0.717, 1.165) is 33.5 Å². The Hall–Kier alpha value is -0.260. The summed E-state index contributed by atoms with van der Waals surface area (Å²) in [6.45, 7) is 5.38. The van der Waals surface area contributed by atoms with E-state index in [4.69, 9.17) is 5.73 Å². The van der Waals surface area contributed by atoms with Gasteiger partial charge in [-0.1, -0.05) is 19.8 Å². The largest absolute Gasteiger partial charge is 0.383 e. The van der Waals surface area contributed by atoms with Gasteiger partial charge in [0.1, 0.15) is 5.82 Å². The minimum Gasteiger partial charge on any atom is -0.383 e. The third kappa shape index (κ3) is 2.52. The Morgan fingerprint density at radius 3 is 2.50 bits per heavy atom. The number of aryl methyl sites for hydroxylation is 1. The number of nitrogens with zero attached hydrogens (tertiary/aromatic N) is 2. The van der Waals surface area contributed by atoms with Crippen LogP contribution in [0.4, 0.5) is 5.82 Å². The van der Waals surface area contributed by atoms with Crippen molar-refractivity contribution >= 4 is 28.4 Å². The standard InChI is InChI=1S/C12H20IN3/c1-8-3-5-10(6-4-8)7-16-12(14)11(13)9(2)15-16/h8,10H,3-7,14H2,1-2H3. The van der Waals surface area contributed by atoms with Crippen molar-refractivity contribution in [1.29, 1.82) is 0 Å². The molecular weight excluding hydrogens is 313 g/mol. The molecule has 0 atom stereocenters. The van der Waals surface area contributed by atoms with Gasteiger partial charge in [-0.2, -0.15) is 5.10 Å². The third-order valence-corrected chi connectivity index (χ3v) is 4.99. The zero-order valence-electron chi connectivity index (χ0n) is 10.0. The van der Waals surface area contributed by atoms with Gasteiger partial charge in [0.15, 0.2) is 0 Å². The molecule has 1 aromatic rings. The molecule has 2 N–H and O–H groups in total. The number of rotatable bonds is 2. The molecule has 1 saturated carbocycles. The molecule has 16 heavy (non-hydrogen) atoms. The number of hydrogen-bond acceptors (Lipinski definition) is 2. The van der Waals surface area contributed by atoms with Crippen LogP contribution in [-0.4, -0.2) is 9.78 Å². The Labute approximate surface area is 111 Å². The van der Waals surface area contributed by atoms with Crippen molar-refractivity contribution in [2.24, 2.45) is 11.8 Å². The Bertz CT molecular complexity index is 365. The fourth-order valence-corrected chi connectivity index (χ4v) is 2.86. The van der Waals surface area contributed by atoms with Gasteiger partial charge in [-0.25, -0.2) is 4.68 Å². The smallest absolute Gasteiger partial charge is 0.135 e. The van der Waals surface area contributed by atoms with Crippen molar-refractivity contribution in [1.82, 2.24) is 9.78 Å². The first-order valence-electron chi connectivity index (χ1n) is 6.06. The van der Waals surface area contributed by atoms with Gasteiger partial charge in [-0.3, -0.25) is 0 Å². The van der Waals surface area contributed by atoms with Crippen LogP contribution in [0.15, 0.2) is 0 Å². The van der Waals surface area contributed by atoms with Gasteiger partial charge in [0.25, 0.3) is 0 Å². The molecule has 1 aliphatic rings. The van der Waals surface area contributed by atoms with Gasteiger partial charge in [0.05, 0.1) is 9.26 Å². The molecule has 4 heteroatoms. The van der Waals surface area contributed by atoms with Crippen LogP contribution in [0.2, 0.25) is 0 Å². The Morgan fingerprint density at radius 2 is 2.00 bits per heavy atom. The molecule has 1 aromatic heterocycles. The fourth-order valence-electron chi connectivity index (χ4n) is 2.47. The first kappa shape index (κ1) is 12.2. The van der Waals surface area contributed by atoms with Crippen LogP contribution in [0.1, 0.15) is 38.3 Å². The lowest BCUT2D eigenvalue weighted by molar-refractivity contribution is 0.259. The summed E-state index contributed by atoms with van der Waals surface area (Å²) in [5.41, 5.74) is 7.10. The van der Waals surface area contributed by atoms with Gasteiger partial charge in [-0.05, 0) is 54.2 Å². The van der Waals surface area contributed by atoms with Crippen LogP contribution in [0.5, 0.6) is 0 Å². The molecule has 0 spiro atoms. The van der Waals surface area contributed by atoms with Crippen LogP contribution in [0.3, 0.4) is 0 Å². The van der Waals surface area contributed by atoms with Crippen LogP contribution in [-0.2, 0) is 6.54 Å². The molecule has 0 bridgehead atoms. The van der Waals surface area contributed by atoms with Crippen molar-refractivity contribution in [2.75, 3.05) is 5.73 Å². The van der Waals surface area contributed by atoms with E-state index in [1.54, 1.807) is 0 Å². The molecule has 0 radical (unpaired) electrons. The minimum atomic E-state index is 0.772. The molecule has 1 aliphatic carbocycles. The predicted octanol–water partition coefficient (Wildman–Crippen LogP) is 3.20. The molecule has 0 unspecified atom stereocenters. The number of halogens is 1. The summed E-state index contributed by atoms with van der Waals surface area (Å²) in [5, 5.41) is 4.51. The molecule has 2 rings (SSSR count). The highest BCUT2D eigenvalue weighted by Crippen LogP contribution is 2.30. The maximum absolute atomic E-state index is 6.04. The molecule has 0 aliphatic heterocycles. The molecule has 0 amide bonds. The molecule has 1 fully saturated rings. The summed E-state index contributed by atoms with van der Waals surface area (Å²) in [5.74, 6) is 2.53. The SMILES string of the molecule is Cc1nn(CC2CCC(C)CC2)c(N)c1I. The highest BCUT2D eigenvalue weighted by Gasteiger charge is 2.20. The number of nitrogen functional groups attached to an aromatic ring is 1. The van der Waals surface area contributed by atoms with Crippen molar-refractivity contribution in [3.05, 3.63) is 9.26 Å².